The highest BCUT2D eigenvalue weighted by Crippen LogP contribution is 2.31. The Morgan fingerprint density at radius 1 is 1.50 bits per heavy atom. The lowest BCUT2D eigenvalue weighted by Gasteiger charge is -2.11. The normalized spacial score (nSPS) is 12.2. The van der Waals surface area contributed by atoms with E-state index in [0.29, 0.717) is 11.0 Å². The largest absolute Gasteiger partial charge is 0.346 e. The second-order valence-electron chi connectivity index (χ2n) is 3.01. The predicted octanol–water partition coefficient (Wildman–Crippen LogP) is 1.61. The molecule has 2 aromatic heterocycles. The summed E-state index contributed by atoms with van der Waals surface area (Å²) in [4.78, 5) is 6.60. The van der Waals surface area contributed by atoms with Gasteiger partial charge < -0.3 is 10.7 Å². The summed E-state index contributed by atoms with van der Waals surface area (Å²) in [7, 11) is 0. The molecule has 3 N–H and O–H groups in total. The Bertz CT molecular complexity index is 450. The van der Waals surface area contributed by atoms with Gasteiger partial charge in [0.15, 0.2) is 0 Å². The van der Waals surface area contributed by atoms with Crippen LogP contribution in [0.3, 0.4) is 0 Å². The second-order valence-corrected chi connectivity index (χ2v) is 3.01. The molecule has 0 fully saturated rings. The van der Waals surface area contributed by atoms with Gasteiger partial charge in [0.25, 0.3) is 5.92 Å². The molecule has 3 nitrogen and oxygen atoms in total. The van der Waals surface area contributed by atoms with Crippen molar-refractivity contribution < 1.29 is 8.78 Å². The van der Waals surface area contributed by atoms with Crippen LogP contribution in [-0.4, -0.2) is 16.5 Å². The van der Waals surface area contributed by atoms with E-state index in [9.17, 15) is 8.78 Å². The number of nitrogens with two attached hydrogens (primary N) is 1. The SMILES string of the molecule is NCC(F)(F)c1c[nH]c2ncccc12. The van der Waals surface area contributed by atoms with Gasteiger partial charge in [-0.1, -0.05) is 0 Å². The molecule has 2 aromatic rings. The zero-order valence-corrected chi connectivity index (χ0v) is 7.30. The zero-order chi connectivity index (χ0) is 10.2. The molecular weight excluding hydrogens is 188 g/mol. The van der Waals surface area contributed by atoms with E-state index in [1.807, 2.05) is 0 Å². The minimum atomic E-state index is -3.00. The number of hydrogen-bond acceptors (Lipinski definition) is 2. The van der Waals surface area contributed by atoms with Crippen molar-refractivity contribution in [1.29, 1.82) is 0 Å². The zero-order valence-electron chi connectivity index (χ0n) is 7.30. The Morgan fingerprint density at radius 2 is 2.29 bits per heavy atom. The molecule has 0 bridgehead atoms. The van der Waals surface area contributed by atoms with Crippen LogP contribution in [0.15, 0.2) is 24.5 Å². The van der Waals surface area contributed by atoms with Crippen LogP contribution in [0.1, 0.15) is 5.56 Å². The first-order valence-electron chi connectivity index (χ1n) is 4.15. The van der Waals surface area contributed by atoms with Crippen molar-refractivity contribution in [3.63, 3.8) is 0 Å². The van der Waals surface area contributed by atoms with Crippen LogP contribution < -0.4 is 5.73 Å². The third kappa shape index (κ3) is 1.26. The molecule has 14 heavy (non-hydrogen) atoms. The Balaban J connectivity index is 2.64. The lowest BCUT2D eigenvalue weighted by atomic mass is 10.1. The number of rotatable bonds is 2. The molecule has 0 amide bonds. The molecule has 0 unspecified atom stereocenters. The molecule has 0 radical (unpaired) electrons. The molecule has 0 aliphatic rings. The average molecular weight is 197 g/mol. The summed E-state index contributed by atoms with van der Waals surface area (Å²) in [6, 6.07) is 3.21. The number of H-pyrrole nitrogens is 1. The molecule has 0 spiro atoms. The third-order valence-electron chi connectivity index (χ3n) is 2.10. The molecular formula is C9H9F2N3. The standard InChI is InChI=1S/C9H9F2N3/c10-9(11,5-12)7-4-14-8-6(7)2-1-3-13-8/h1-4H,5,12H2,(H,13,14). The first-order valence-corrected chi connectivity index (χ1v) is 4.15. The van der Waals surface area contributed by atoms with Crippen molar-refractivity contribution in [1.82, 2.24) is 9.97 Å². The maximum atomic E-state index is 13.3. The van der Waals surface area contributed by atoms with Gasteiger partial charge in [0, 0.05) is 23.3 Å². The van der Waals surface area contributed by atoms with Crippen LogP contribution in [0.2, 0.25) is 0 Å². The second kappa shape index (κ2) is 3.02. The molecule has 5 heteroatoms. The summed E-state index contributed by atoms with van der Waals surface area (Å²) in [6.07, 6.45) is 2.80. The maximum absolute atomic E-state index is 13.3. The fourth-order valence-electron chi connectivity index (χ4n) is 1.37. The van der Waals surface area contributed by atoms with Gasteiger partial charge in [-0.2, -0.15) is 8.78 Å². The number of alkyl halides is 2. The van der Waals surface area contributed by atoms with Crippen LogP contribution in [0.5, 0.6) is 0 Å². The minimum absolute atomic E-state index is 0.0944. The highest BCUT2D eigenvalue weighted by atomic mass is 19.3. The van der Waals surface area contributed by atoms with Crippen molar-refractivity contribution >= 4 is 11.0 Å². The molecule has 74 valence electrons. The van der Waals surface area contributed by atoms with E-state index in [1.54, 1.807) is 18.3 Å². The number of aromatic nitrogens is 2. The highest BCUT2D eigenvalue weighted by molar-refractivity contribution is 5.80. The molecule has 0 aromatic carbocycles. The van der Waals surface area contributed by atoms with Crippen LogP contribution in [0.4, 0.5) is 8.78 Å². The van der Waals surface area contributed by atoms with Crippen LogP contribution in [-0.2, 0) is 5.92 Å². The van der Waals surface area contributed by atoms with E-state index in [4.69, 9.17) is 5.73 Å². The number of fused-ring (bicyclic) bond motifs is 1. The van der Waals surface area contributed by atoms with Gasteiger partial charge in [-0.25, -0.2) is 4.98 Å². The van der Waals surface area contributed by atoms with Crippen molar-refractivity contribution in [2.45, 2.75) is 5.92 Å². The van der Waals surface area contributed by atoms with E-state index < -0.39 is 12.5 Å². The fourth-order valence-corrected chi connectivity index (χ4v) is 1.37. The lowest BCUT2D eigenvalue weighted by molar-refractivity contribution is 0.00754. The Labute approximate surface area is 78.9 Å². The van der Waals surface area contributed by atoms with Gasteiger partial charge in [-0.05, 0) is 12.1 Å². The van der Waals surface area contributed by atoms with Crippen LogP contribution in [0, 0.1) is 0 Å². The average Bonchev–Trinajstić information content (AvgIpc) is 2.61. The predicted molar refractivity (Wildman–Crippen MR) is 49.0 cm³/mol. The van der Waals surface area contributed by atoms with E-state index in [-0.39, 0.29) is 5.56 Å². The summed E-state index contributed by atoms with van der Waals surface area (Å²) in [5, 5.41) is 0.419. The molecule has 0 atom stereocenters. The summed E-state index contributed by atoms with van der Waals surface area (Å²) in [5.41, 5.74) is 5.36. The van der Waals surface area contributed by atoms with E-state index in [1.165, 1.54) is 6.20 Å². The van der Waals surface area contributed by atoms with Crippen molar-refractivity contribution in [2.75, 3.05) is 6.54 Å². The Hall–Kier alpha value is -1.49. The van der Waals surface area contributed by atoms with Crippen LogP contribution >= 0.6 is 0 Å². The molecule has 2 heterocycles. The van der Waals surface area contributed by atoms with Crippen LogP contribution in [0.25, 0.3) is 11.0 Å². The van der Waals surface area contributed by atoms with Gasteiger partial charge in [0.2, 0.25) is 0 Å². The Morgan fingerprint density at radius 3 is 3.00 bits per heavy atom. The van der Waals surface area contributed by atoms with Gasteiger partial charge in [0.1, 0.15) is 5.65 Å². The van der Waals surface area contributed by atoms with E-state index in [2.05, 4.69) is 9.97 Å². The van der Waals surface area contributed by atoms with Gasteiger partial charge in [-0.15, -0.1) is 0 Å². The molecule has 0 saturated heterocycles. The van der Waals surface area contributed by atoms with Crippen molar-refractivity contribution in [2.24, 2.45) is 5.73 Å². The maximum Gasteiger partial charge on any atom is 0.287 e. The smallest absolute Gasteiger partial charge is 0.287 e. The highest BCUT2D eigenvalue weighted by Gasteiger charge is 2.32. The monoisotopic (exact) mass is 197 g/mol. The number of nitrogens with zero attached hydrogens (tertiary/aromatic N) is 1. The van der Waals surface area contributed by atoms with Crippen molar-refractivity contribution in [3.8, 4) is 0 Å². The summed E-state index contributed by atoms with van der Waals surface area (Å²) in [5.74, 6) is -3.00. The Kier molecular flexibility index (Phi) is 1.96. The van der Waals surface area contributed by atoms with Gasteiger partial charge in [-0.3, -0.25) is 0 Å². The number of halogens is 2. The van der Waals surface area contributed by atoms with E-state index >= 15 is 0 Å². The number of hydrogen-bond donors (Lipinski definition) is 2. The molecule has 0 aliphatic carbocycles. The van der Waals surface area contributed by atoms with Gasteiger partial charge >= 0.3 is 0 Å². The topological polar surface area (TPSA) is 54.7 Å². The lowest BCUT2D eigenvalue weighted by Crippen LogP contribution is -2.24. The first-order chi connectivity index (χ1) is 6.65. The van der Waals surface area contributed by atoms with Gasteiger partial charge in [0.05, 0.1) is 6.54 Å². The number of aromatic amines is 1. The first kappa shape index (κ1) is 9.08. The molecule has 2 rings (SSSR count). The van der Waals surface area contributed by atoms with E-state index in [0.717, 1.165) is 0 Å². The fraction of sp³-hybridized carbons (Fsp3) is 0.222. The summed E-state index contributed by atoms with van der Waals surface area (Å²) >= 11 is 0. The quantitative estimate of drug-likeness (QED) is 0.768. The summed E-state index contributed by atoms with van der Waals surface area (Å²) in [6.45, 7) is -0.700. The molecule has 0 saturated carbocycles. The minimum Gasteiger partial charge on any atom is -0.346 e. The number of nitrogens with one attached hydrogen (secondary N) is 1. The van der Waals surface area contributed by atoms with Crippen molar-refractivity contribution in [3.05, 3.63) is 30.1 Å². The summed E-state index contributed by atoms with van der Waals surface area (Å²) < 4.78 is 26.6. The molecule has 0 aliphatic heterocycles. The number of pyridine rings is 1. The third-order valence-corrected chi connectivity index (χ3v) is 2.10.